The molecule has 0 rings (SSSR count). The van der Waals surface area contributed by atoms with Gasteiger partial charge in [0.25, 0.3) is 0 Å². The van der Waals surface area contributed by atoms with Crippen LogP contribution in [0.1, 0.15) is 20.3 Å². The zero-order valence-electron chi connectivity index (χ0n) is 11.6. The van der Waals surface area contributed by atoms with Gasteiger partial charge in [0.2, 0.25) is 5.91 Å². The van der Waals surface area contributed by atoms with Gasteiger partial charge in [-0.1, -0.05) is 20.3 Å². The molecule has 0 heterocycles. The van der Waals surface area contributed by atoms with Crippen LogP contribution in [0, 0.1) is 5.92 Å². The fourth-order valence-corrected chi connectivity index (χ4v) is 1.51. The van der Waals surface area contributed by atoms with E-state index >= 15 is 0 Å². The molecule has 0 aliphatic rings. The quantitative estimate of drug-likeness (QED) is 0.581. The third-order valence-corrected chi connectivity index (χ3v) is 2.88. The number of rotatable bonds is 8. The molecular formula is C12H24N2O4. The molecule has 0 radical (unpaired) electrons. The van der Waals surface area contributed by atoms with Crippen molar-refractivity contribution in [1.82, 2.24) is 10.2 Å². The van der Waals surface area contributed by atoms with Crippen LogP contribution in [-0.4, -0.2) is 61.8 Å². The number of methoxy groups -OCH3 is 1. The van der Waals surface area contributed by atoms with E-state index in [1.54, 1.807) is 11.9 Å². The minimum absolute atomic E-state index is 0.00439. The van der Waals surface area contributed by atoms with Crippen molar-refractivity contribution < 1.29 is 19.4 Å². The lowest BCUT2D eigenvalue weighted by Gasteiger charge is -2.23. The lowest BCUT2D eigenvalue weighted by atomic mass is 9.99. The predicted octanol–water partition coefficient (Wildman–Crippen LogP) is -0.386. The molecule has 0 fully saturated rings. The normalized spacial score (nSPS) is 14.1. The van der Waals surface area contributed by atoms with Crippen molar-refractivity contribution in [2.75, 3.05) is 33.9 Å². The molecule has 1 amide bonds. The summed E-state index contributed by atoms with van der Waals surface area (Å²) >= 11 is 0. The van der Waals surface area contributed by atoms with E-state index in [9.17, 15) is 9.59 Å². The van der Waals surface area contributed by atoms with Crippen LogP contribution < -0.4 is 5.32 Å². The Labute approximate surface area is 108 Å². The van der Waals surface area contributed by atoms with Gasteiger partial charge in [0.1, 0.15) is 6.04 Å². The van der Waals surface area contributed by atoms with E-state index in [1.165, 1.54) is 7.11 Å². The summed E-state index contributed by atoms with van der Waals surface area (Å²) in [6.07, 6.45) is 0.770. The van der Waals surface area contributed by atoms with E-state index < -0.39 is 12.0 Å². The number of hydrogen-bond donors (Lipinski definition) is 2. The van der Waals surface area contributed by atoms with Gasteiger partial charge in [-0.05, 0) is 13.0 Å². The van der Waals surface area contributed by atoms with Crippen LogP contribution >= 0.6 is 0 Å². The number of carbonyl (C=O) groups is 2. The molecule has 6 nitrogen and oxygen atoms in total. The van der Waals surface area contributed by atoms with Crippen LogP contribution in [0.15, 0.2) is 0 Å². The van der Waals surface area contributed by atoms with Crippen LogP contribution in [0.25, 0.3) is 0 Å². The number of hydrogen-bond acceptors (Lipinski definition) is 5. The summed E-state index contributed by atoms with van der Waals surface area (Å²) in [6.45, 7) is 4.39. The molecule has 0 saturated carbocycles. The van der Waals surface area contributed by atoms with Crippen molar-refractivity contribution in [1.29, 1.82) is 0 Å². The molecule has 0 spiro atoms. The second kappa shape index (κ2) is 8.88. The fraction of sp³-hybridized carbons (Fsp3) is 0.833. The SMILES string of the molecule is CC[C@@H](C)[C@@H](NC(=O)CN(C)CCO)C(=O)OC. The standard InChI is InChI=1S/C12H24N2O4/c1-5-9(2)11(12(17)18-4)13-10(16)8-14(3)6-7-15/h9,11,15H,5-8H2,1-4H3,(H,13,16)/t9-,11-/m1/s1. The average Bonchev–Trinajstić information content (AvgIpc) is 2.34. The van der Waals surface area contributed by atoms with Crippen molar-refractivity contribution >= 4 is 11.9 Å². The van der Waals surface area contributed by atoms with Crippen molar-refractivity contribution in [3.8, 4) is 0 Å². The number of nitrogens with zero attached hydrogens (tertiary/aromatic N) is 1. The van der Waals surface area contributed by atoms with Gasteiger partial charge in [-0.15, -0.1) is 0 Å². The third-order valence-electron chi connectivity index (χ3n) is 2.88. The largest absolute Gasteiger partial charge is 0.467 e. The Morgan fingerprint density at radius 3 is 2.50 bits per heavy atom. The van der Waals surface area contributed by atoms with Gasteiger partial charge in [-0.25, -0.2) is 4.79 Å². The number of aliphatic hydroxyl groups excluding tert-OH is 1. The van der Waals surface area contributed by atoms with E-state index in [-0.39, 0.29) is 25.0 Å². The topological polar surface area (TPSA) is 78.9 Å². The molecule has 2 atom stereocenters. The maximum absolute atomic E-state index is 11.7. The zero-order chi connectivity index (χ0) is 14.1. The summed E-state index contributed by atoms with van der Waals surface area (Å²) in [5.74, 6) is -0.659. The number of ether oxygens (including phenoxy) is 1. The molecule has 0 aromatic heterocycles. The Kier molecular flexibility index (Phi) is 8.32. The third kappa shape index (κ3) is 5.97. The summed E-state index contributed by atoms with van der Waals surface area (Å²) in [5.41, 5.74) is 0. The lowest BCUT2D eigenvalue weighted by Crippen LogP contribution is -2.48. The second-order valence-corrected chi connectivity index (χ2v) is 4.42. The Morgan fingerprint density at radius 2 is 2.06 bits per heavy atom. The number of nitrogens with one attached hydrogen (secondary N) is 1. The Balaban J connectivity index is 4.40. The first kappa shape index (κ1) is 16.9. The molecule has 0 saturated heterocycles. The maximum atomic E-state index is 11.7. The number of esters is 1. The highest BCUT2D eigenvalue weighted by atomic mass is 16.5. The molecule has 0 aromatic carbocycles. The zero-order valence-corrected chi connectivity index (χ0v) is 11.6. The van der Waals surface area contributed by atoms with Gasteiger partial charge in [-0.3, -0.25) is 9.69 Å². The van der Waals surface area contributed by atoms with E-state index in [0.29, 0.717) is 6.54 Å². The highest BCUT2D eigenvalue weighted by molar-refractivity contribution is 5.85. The van der Waals surface area contributed by atoms with Gasteiger partial charge in [0.15, 0.2) is 0 Å². The highest BCUT2D eigenvalue weighted by Gasteiger charge is 2.26. The van der Waals surface area contributed by atoms with Crippen LogP contribution in [0.5, 0.6) is 0 Å². The first-order valence-corrected chi connectivity index (χ1v) is 6.12. The summed E-state index contributed by atoms with van der Waals surface area (Å²) in [4.78, 5) is 25.0. The molecule has 0 unspecified atom stereocenters. The first-order valence-electron chi connectivity index (χ1n) is 6.12. The number of aliphatic hydroxyl groups is 1. The summed E-state index contributed by atoms with van der Waals surface area (Å²) in [7, 11) is 3.04. The smallest absolute Gasteiger partial charge is 0.328 e. The molecule has 0 aliphatic carbocycles. The fourth-order valence-electron chi connectivity index (χ4n) is 1.51. The monoisotopic (exact) mass is 260 g/mol. The summed E-state index contributed by atoms with van der Waals surface area (Å²) in [6, 6.07) is -0.616. The van der Waals surface area contributed by atoms with Crippen LogP contribution in [-0.2, 0) is 14.3 Å². The van der Waals surface area contributed by atoms with Gasteiger partial charge >= 0.3 is 5.97 Å². The van der Waals surface area contributed by atoms with Crippen molar-refractivity contribution in [2.45, 2.75) is 26.3 Å². The Hall–Kier alpha value is -1.14. The minimum Gasteiger partial charge on any atom is -0.467 e. The van der Waals surface area contributed by atoms with Crippen LogP contribution in [0.4, 0.5) is 0 Å². The number of amides is 1. The molecule has 6 heteroatoms. The molecule has 0 aliphatic heterocycles. The number of likely N-dealkylation sites (N-methyl/N-ethyl adjacent to an activating group) is 1. The molecular weight excluding hydrogens is 236 g/mol. The van der Waals surface area contributed by atoms with Crippen molar-refractivity contribution in [3.63, 3.8) is 0 Å². The minimum atomic E-state index is -0.616. The molecule has 0 aromatic rings. The Bertz CT molecular complexity index is 271. The Morgan fingerprint density at radius 1 is 1.44 bits per heavy atom. The summed E-state index contributed by atoms with van der Waals surface area (Å²) < 4.78 is 4.68. The molecule has 106 valence electrons. The van der Waals surface area contributed by atoms with Crippen LogP contribution in [0.2, 0.25) is 0 Å². The molecule has 2 N–H and O–H groups in total. The van der Waals surface area contributed by atoms with Gasteiger partial charge < -0.3 is 15.2 Å². The van der Waals surface area contributed by atoms with E-state index in [0.717, 1.165) is 6.42 Å². The number of carbonyl (C=O) groups excluding carboxylic acids is 2. The summed E-state index contributed by atoms with van der Waals surface area (Å²) in [5, 5.41) is 11.4. The van der Waals surface area contributed by atoms with Crippen molar-refractivity contribution in [3.05, 3.63) is 0 Å². The van der Waals surface area contributed by atoms with Gasteiger partial charge in [0.05, 0.1) is 20.3 Å². The maximum Gasteiger partial charge on any atom is 0.328 e. The van der Waals surface area contributed by atoms with E-state index in [1.807, 2.05) is 13.8 Å². The van der Waals surface area contributed by atoms with Crippen LogP contribution in [0.3, 0.4) is 0 Å². The average molecular weight is 260 g/mol. The van der Waals surface area contributed by atoms with Gasteiger partial charge in [-0.2, -0.15) is 0 Å². The van der Waals surface area contributed by atoms with E-state index in [4.69, 9.17) is 5.11 Å². The molecule has 18 heavy (non-hydrogen) atoms. The molecule has 0 bridgehead atoms. The second-order valence-electron chi connectivity index (χ2n) is 4.42. The highest BCUT2D eigenvalue weighted by Crippen LogP contribution is 2.09. The van der Waals surface area contributed by atoms with E-state index in [2.05, 4.69) is 10.1 Å². The van der Waals surface area contributed by atoms with Crippen molar-refractivity contribution in [2.24, 2.45) is 5.92 Å². The predicted molar refractivity (Wildman–Crippen MR) is 68.0 cm³/mol. The van der Waals surface area contributed by atoms with Gasteiger partial charge in [0, 0.05) is 6.54 Å². The lowest BCUT2D eigenvalue weighted by molar-refractivity contribution is -0.146. The first-order chi connectivity index (χ1) is 8.46.